The van der Waals surface area contributed by atoms with Crippen molar-refractivity contribution in [2.24, 2.45) is 0 Å². The molecule has 2 heterocycles. The standard InChI is InChI=1S/C14H16ClN3OS/c1-8(2)13-16-7-11(15)12(18-13)14(19)17-6-10-5-4-9(3)20-10/h4-5,7-8H,6H2,1-3H3,(H,17,19). The van der Waals surface area contributed by atoms with Crippen molar-refractivity contribution in [1.29, 1.82) is 0 Å². The van der Waals surface area contributed by atoms with Gasteiger partial charge in [0, 0.05) is 15.7 Å². The van der Waals surface area contributed by atoms with Gasteiger partial charge < -0.3 is 5.32 Å². The second kappa shape index (κ2) is 6.33. The molecule has 0 saturated carbocycles. The molecule has 2 aromatic rings. The average molecular weight is 310 g/mol. The molecule has 0 fully saturated rings. The molecule has 0 aromatic carbocycles. The fraction of sp³-hybridized carbons (Fsp3) is 0.357. The van der Waals surface area contributed by atoms with Crippen molar-refractivity contribution >= 4 is 28.8 Å². The van der Waals surface area contributed by atoms with Gasteiger partial charge in [-0.25, -0.2) is 9.97 Å². The van der Waals surface area contributed by atoms with Gasteiger partial charge in [-0.1, -0.05) is 25.4 Å². The quantitative estimate of drug-likeness (QED) is 0.939. The lowest BCUT2D eigenvalue weighted by molar-refractivity contribution is 0.0946. The molecule has 0 spiro atoms. The van der Waals surface area contributed by atoms with Gasteiger partial charge in [0.05, 0.1) is 17.8 Å². The second-order valence-electron chi connectivity index (χ2n) is 4.77. The predicted molar refractivity (Wildman–Crippen MR) is 81.4 cm³/mol. The van der Waals surface area contributed by atoms with E-state index in [0.29, 0.717) is 12.4 Å². The molecule has 0 aliphatic carbocycles. The second-order valence-corrected chi connectivity index (χ2v) is 6.55. The van der Waals surface area contributed by atoms with E-state index in [1.54, 1.807) is 11.3 Å². The van der Waals surface area contributed by atoms with E-state index in [1.165, 1.54) is 11.1 Å². The highest BCUT2D eigenvalue weighted by Gasteiger charge is 2.15. The maximum atomic E-state index is 12.1. The summed E-state index contributed by atoms with van der Waals surface area (Å²) in [6, 6.07) is 4.03. The SMILES string of the molecule is Cc1ccc(CNC(=O)c2nc(C(C)C)ncc2Cl)s1. The van der Waals surface area contributed by atoms with Crippen LogP contribution in [0, 0.1) is 6.92 Å². The summed E-state index contributed by atoms with van der Waals surface area (Å²) in [4.78, 5) is 22.8. The summed E-state index contributed by atoms with van der Waals surface area (Å²) in [5, 5.41) is 3.10. The van der Waals surface area contributed by atoms with Crippen LogP contribution in [-0.4, -0.2) is 15.9 Å². The van der Waals surface area contributed by atoms with E-state index in [2.05, 4.69) is 15.3 Å². The summed E-state index contributed by atoms with van der Waals surface area (Å²) < 4.78 is 0. The Labute approximate surface area is 127 Å². The minimum absolute atomic E-state index is 0.152. The van der Waals surface area contributed by atoms with Gasteiger partial charge in [-0.3, -0.25) is 4.79 Å². The van der Waals surface area contributed by atoms with Crippen LogP contribution in [0.4, 0.5) is 0 Å². The Morgan fingerprint density at radius 3 is 2.80 bits per heavy atom. The molecule has 106 valence electrons. The third-order valence-electron chi connectivity index (χ3n) is 2.71. The zero-order valence-corrected chi connectivity index (χ0v) is 13.2. The van der Waals surface area contributed by atoms with Gasteiger partial charge in [0.25, 0.3) is 5.91 Å². The minimum atomic E-state index is -0.273. The van der Waals surface area contributed by atoms with Gasteiger partial charge in [0.2, 0.25) is 0 Å². The number of nitrogens with one attached hydrogen (secondary N) is 1. The molecule has 0 atom stereocenters. The molecule has 0 aliphatic rings. The first-order valence-corrected chi connectivity index (χ1v) is 7.52. The molecule has 4 nitrogen and oxygen atoms in total. The molecule has 6 heteroatoms. The average Bonchev–Trinajstić information content (AvgIpc) is 2.82. The van der Waals surface area contributed by atoms with Crippen LogP contribution in [0.5, 0.6) is 0 Å². The van der Waals surface area contributed by atoms with Crippen LogP contribution in [0.15, 0.2) is 18.3 Å². The highest BCUT2D eigenvalue weighted by molar-refractivity contribution is 7.11. The Morgan fingerprint density at radius 1 is 1.45 bits per heavy atom. The molecule has 0 saturated heterocycles. The van der Waals surface area contributed by atoms with E-state index >= 15 is 0 Å². The van der Waals surface area contributed by atoms with Crippen molar-refractivity contribution < 1.29 is 4.79 Å². The Morgan fingerprint density at radius 2 is 2.20 bits per heavy atom. The number of hydrogen-bond acceptors (Lipinski definition) is 4. The minimum Gasteiger partial charge on any atom is -0.346 e. The number of halogens is 1. The highest BCUT2D eigenvalue weighted by Crippen LogP contribution is 2.17. The Hall–Kier alpha value is -1.46. The molecule has 2 aromatic heterocycles. The van der Waals surface area contributed by atoms with E-state index in [1.807, 2.05) is 32.9 Å². The largest absolute Gasteiger partial charge is 0.346 e. The number of amides is 1. The van der Waals surface area contributed by atoms with Gasteiger partial charge >= 0.3 is 0 Å². The van der Waals surface area contributed by atoms with E-state index in [9.17, 15) is 4.79 Å². The number of nitrogens with zero attached hydrogens (tertiary/aromatic N) is 2. The van der Waals surface area contributed by atoms with Gasteiger partial charge in [0.1, 0.15) is 11.5 Å². The number of aryl methyl sites for hydroxylation is 1. The molecule has 0 unspecified atom stereocenters. The van der Waals surface area contributed by atoms with Gasteiger partial charge in [-0.05, 0) is 19.1 Å². The molecule has 2 rings (SSSR count). The van der Waals surface area contributed by atoms with Crippen LogP contribution in [0.1, 0.15) is 45.8 Å². The predicted octanol–water partition coefficient (Wildman–Crippen LogP) is 3.55. The van der Waals surface area contributed by atoms with E-state index in [0.717, 1.165) is 4.88 Å². The maximum absolute atomic E-state index is 12.1. The molecule has 1 amide bonds. The molecule has 20 heavy (non-hydrogen) atoms. The van der Waals surface area contributed by atoms with E-state index < -0.39 is 0 Å². The number of thiophene rings is 1. The fourth-order valence-corrected chi connectivity index (χ4v) is 2.66. The molecule has 0 aliphatic heterocycles. The summed E-state index contributed by atoms with van der Waals surface area (Å²) in [6.07, 6.45) is 1.48. The molecular formula is C14H16ClN3OS. The molecule has 0 radical (unpaired) electrons. The lowest BCUT2D eigenvalue weighted by Crippen LogP contribution is -2.24. The van der Waals surface area contributed by atoms with Gasteiger partial charge in [-0.2, -0.15) is 0 Å². The van der Waals surface area contributed by atoms with Gasteiger partial charge in [-0.15, -0.1) is 11.3 Å². The monoisotopic (exact) mass is 309 g/mol. The topological polar surface area (TPSA) is 54.9 Å². The third kappa shape index (κ3) is 3.55. The summed E-state index contributed by atoms with van der Waals surface area (Å²) in [5.74, 6) is 0.496. The normalized spacial score (nSPS) is 10.8. The lowest BCUT2D eigenvalue weighted by Gasteiger charge is -2.08. The summed E-state index contributed by atoms with van der Waals surface area (Å²) >= 11 is 7.66. The van der Waals surface area contributed by atoms with Crippen molar-refractivity contribution in [3.05, 3.63) is 44.6 Å². The molecule has 0 bridgehead atoms. The lowest BCUT2D eigenvalue weighted by atomic mass is 10.2. The van der Waals surface area contributed by atoms with Crippen molar-refractivity contribution in [1.82, 2.24) is 15.3 Å². The van der Waals surface area contributed by atoms with Crippen LogP contribution in [0.2, 0.25) is 5.02 Å². The Bertz CT molecular complexity index is 625. The van der Waals surface area contributed by atoms with Crippen molar-refractivity contribution in [2.75, 3.05) is 0 Å². The van der Waals surface area contributed by atoms with Crippen LogP contribution in [-0.2, 0) is 6.54 Å². The fourth-order valence-electron chi connectivity index (χ4n) is 1.65. The summed E-state index contributed by atoms with van der Waals surface area (Å²) in [7, 11) is 0. The van der Waals surface area contributed by atoms with Crippen LogP contribution < -0.4 is 5.32 Å². The number of rotatable bonds is 4. The molecule has 1 N–H and O–H groups in total. The van der Waals surface area contributed by atoms with Crippen molar-refractivity contribution in [3.8, 4) is 0 Å². The maximum Gasteiger partial charge on any atom is 0.271 e. The van der Waals surface area contributed by atoms with E-state index in [4.69, 9.17) is 11.6 Å². The zero-order chi connectivity index (χ0) is 14.7. The highest BCUT2D eigenvalue weighted by atomic mass is 35.5. The van der Waals surface area contributed by atoms with E-state index in [-0.39, 0.29) is 22.5 Å². The summed E-state index contributed by atoms with van der Waals surface area (Å²) in [6.45, 7) is 6.46. The zero-order valence-electron chi connectivity index (χ0n) is 11.6. The Kier molecular flexibility index (Phi) is 4.73. The first-order valence-electron chi connectivity index (χ1n) is 6.33. The molecular weight excluding hydrogens is 294 g/mol. The number of hydrogen-bond donors (Lipinski definition) is 1. The Balaban J connectivity index is 2.10. The first kappa shape index (κ1) is 14.9. The summed E-state index contributed by atoms with van der Waals surface area (Å²) in [5.41, 5.74) is 0.235. The van der Waals surface area contributed by atoms with Crippen molar-refractivity contribution in [2.45, 2.75) is 33.2 Å². The third-order valence-corrected chi connectivity index (χ3v) is 3.99. The van der Waals surface area contributed by atoms with Crippen LogP contribution >= 0.6 is 22.9 Å². The smallest absolute Gasteiger partial charge is 0.271 e. The number of aromatic nitrogens is 2. The van der Waals surface area contributed by atoms with Gasteiger partial charge in [0.15, 0.2) is 0 Å². The van der Waals surface area contributed by atoms with Crippen LogP contribution in [0.25, 0.3) is 0 Å². The number of carbonyl (C=O) groups excluding carboxylic acids is 1. The number of carbonyl (C=O) groups is 1. The first-order chi connectivity index (χ1) is 9.47. The van der Waals surface area contributed by atoms with Crippen LogP contribution in [0.3, 0.4) is 0 Å². The van der Waals surface area contributed by atoms with Crippen molar-refractivity contribution in [3.63, 3.8) is 0 Å².